The van der Waals surface area contributed by atoms with E-state index in [1.807, 2.05) is 6.07 Å². The molecule has 1 heterocycles. The van der Waals surface area contributed by atoms with E-state index in [0.717, 1.165) is 6.42 Å². The Bertz CT molecular complexity index is 472. The number of pyridine rings is 1. The number of nitrogens with zero attached hydrogens (tertiary/aromatic N) is 2. The Kier molecular flexibility index (Phi) is 5.00. The zero-order chi connectivity index (χ0) is 13.7. The number of rotatable bonds is 4. The Morgan fingerprint density at radius 2 is 2.16 bits per heavy atom. The van der Waals surface area contributed by atoms with Crippen molar-refractivity contribution >= 4 is 11.6 Å². The summed E-state index contributed by atoms with van der Waals surface area (Å²) in [5.41, 5.74) is 6.19. The van der Waals surface area contributed by atoms with Gasteiger partial charge in [0.25, 0.3) is 0 Å². The highest BCUT2D eigenvalue weighted by molar-refractivity contribution is 6.32. The van der Waals surface area contributed by atoms with Crippen molar-refractivity contribution in [2.24, 2.45) is 17.6 Å². The van der Waals surface area contributed by atoms with Crippen LogP contribution in [0.15, 0.2) is 12.3 Å². The van der Waals surface area contributed by atoms with Crippen LogP contribution in [-0.4, -0.2) is 18.1 Å². The van der Waals surface area contributed by atoms with Gasteiger partial charge in [0.1, 0.15) is 11.1 Å². The summed E-state index contributed by atoms with van der Waals surface area (Å²) >= 11 is 6.06. The molecule has 1 aromatic heterocycles. The Morgan fingerprint density at radius 3 is 2.84 bits per heavy atom. The molecule has 0 radical (unpaired) electrons. The van der Waals surface area contributed by atoms with E-state index in [1.165, 1.54) is 19.3 Å². The first-order chi connectivity index (χ1) is 9.26. The minimum absolute atomic E-state index is 0.296. The fourth-order valence-electron chi connectivity index (χ4n) is 2.61. The molecule has 1 aliphatic rings. The third-order valence-corrected chi connectivity index (χ3v) is 4.15. The summed E-state index contributed by atoms with van der Waals surface area (Å²) in [6.07, 6.45) is 6.33. The molecule has 0 amide bonds. The van der Waals surface area contributed by atoms with Crippen LogP contribution in [0.1, 0.15) is 31.2 Å². The van der Waals surface area contributed by atoms with Crippen LogP contribution in [0.5, 0.6) is 5.88 Å². The minimum Gasteiger partial charge on any atom is -0.476 e. The van der Waals surface area contributed by atoms with Gasteiger partial charge in [0.2, 0.25) is 5.88 Å². The number of ether oxygens (including phenoxy) is 1. The lowest BCUT2D eigenvalue weighted by Gasteiger charge is -2.30. The van der Waals surface area contributed by atoms with Crippen molar-refractivity contribution in [1.82, 2.24) is 4.98 Å². The second-order valence-electron chi connectivity index (χ2n) is 4.94. The van der Waals surface area contributed by atoms with E-state index < -0.39 is 0 Å². The van der Waals surface area contributed by atoms with Gasteiger partial charge >= 0.3 is 0 Å². The molecular weight excluding hydrogens is 262 g/mol. The summed E-state index contributed by atoms with van der Waals surface area (Å²) in [4.78, 5) is 4.09. The average molecular weight is 280 g/mol. The molecule has 19 heavy (non-hydrogen) atoms. The van der Waals surface area contributed by atoms with Crippen molar-refractivity contribution in [3.05, 3.63) is 22.8 Å². The Balaban J connectivity index is 2.00. The maximum Gasteiger partial charge on any atom is 0.233 e. The molecule has 1 fully saturated rings. The number of nitrogens with two attached hydrogens (primary N) is 1. The maximum atomic E-state index is 8.91. The number of hydrogen-bond acceptors (Lipinski definition) is 4. The van der Waals surface area contributed by atoms with Crippen LogP contribution in [-0.2, 0) is 0 Å². The quantitative estimate of drug-likeness (QED) is 0.920. The molecule has 1 aromatic rings. The predicted octanol–water partition coefficient (Wildman–Crippen LogP) is 2.75. The zero-order valence-electron chi connectivity index (χ0n) is 10.8. The SMILES string of the molecule is N#Cc1ccnc(OCC2CCCCC2CN)c1Cl. The van der Waals surface area contributed by atoms with Crippen molar-refractivity contribution < 1.29 is 4.74 Å². The van der Waals surface area contributed by atoms with E-state index >= 15 is 0 Å². The molecule has 0 bridgehead atoms. The standard InChI is InChI=1S/C14H18ClN3O/c15-13-11(8-17)5-6-18-14(13)19-9-12-4-2-1-3-10(12)7-16/h5-6,10,12H,1-4,7,9,16H2. The van der Waals surface area contributed by atoms with Crippen LogP contribution < -0.4 is 10.5 Å². The van der Waals surface area contributed by atoms with E-state index in [1.54, 1.807) is 12.3 Å². The van der Waals surface area contributed by atoms with Crippen LogP contribution in [0.2, 0.25) is 5.02 Å². The number of nitriles is 1. The molecule has 0 aliphatic heterocycles. The molecule has 2 unspecified atom stereocenters. The third-order valence-electron chi connectivity index (χ3n) is 3.78. The summed E-state index contributed by atoms with van der Waals surface area (Å²) in [5.74, 6) is 1.33. The molecular formula is C14H18ClN3O. The molecule has 102 valence electrons. The second kappa shape index (κ2) is 6.74. The van der Waals surface area contributed by atoms with Crippen LogP contribution >= 0.6 is 11.6 Å². The average Bonchev–Trinajstić information content (AvgIpc) is 2.46. The highest BCUT2D eigenvalue weighted by atomic mass is 35.5. The summed E-state index contributed by atoms with van der Waals surface area (Å²) in [7, 11) is 0. The lowest BCUT2D eigenvalue weighted by molar-refractivity contribution is 0.149. The summed E-state index contributed by atoms with van der Waals surface area (Å²) in [5, 5.41) is 9.20. The second-order valence-corrected chi connectivity index (χ2v) is 5.32. The first-order valence-corrected chi connectivity index (χ1v) is 7.01. The topological polar surface area (TPSA) is 71.9 Å². The van der Waals surface area contributed by atoms with Crippen molar-refractivity contribution in [3.63, 3.8) is 0 Å². The summed E-state index contributed by atoms with van der Waals surface area (Å²) in [6, 6.07) is 3.60. The first-order valence-electron chi connectivity index (χ1n) is 6.63. The van der Waals surface area contributed by atoms with E-state index in [4.69, 9.17) is 27.3 Å². The number of halogens is 1. The fraction of sp³-hybridized carbons (Fsp3) is 0.571. The van der Waals surface area contributed by atoms with Crippen molar-refractivity contribution in [2.45, 2.75) is 25.7 Å². The third kappa shape index (κ3) is 3.37. The monoisotopic (exact) mass is 279 g/mol. The number of aromatic nitrogens is 1. The highest BCUT2D eigenvalue weighted by Crippen LogP contribution is 2.31. The summed E-state index contributed by atoms with van der Waals surface area (Å²) < 4.78 is 5.70. The predicted molar refractivity (Wildman–Crippen MR) is 74.0 cm³/mol. The van der Waals surface area contributed by atoms with E-state index in [-0.39, 0.29) is 0 Å². The van der Waals surface area contributed by atoms with Crippen LogP contribution in [0.4, 0.5) is 0 Å². The molecule has 5 heteroatoms. The minimum atomic E-state index is 0.296. The van der Waals surface area contributed by atoms with Crippen molar-refractivity contribution in [3.8, 4) is 11.9 Å². The van der Waals surface area contributed by atoms with Gasteiger partial charge in [0.05, 0.1) is 12.2 Å². The van der Waals surface area contributed by atoms with Gasteiger partial charge in [-0.05, 0) is 37.3 Å². The van der Waals surface area contributed by atoms with Gasteiger partial charge in [-0.15, -0.1) is 0 Å². The fourth-order valence-corrected chi connectivity index (χ4v) is 2.82. The molecule has 0 spiro atoms. The van der Waals surface area contributed by atoms with E-state index in [0.29, 0.717) is 41.5 Å². The Labute approximate surface area is 118 Å². The lowest BCUT2D eigenvalue weighted by Crippen LogP contribution is -2.30. The van der Waals surface area contributed by atoms with Gasteiger partial charge in [-0.25, -0.2) is 4.98 Å². The van der Waals surface area contributed by atoms with Gasteiger partial charge in [-0.2, -0.15) is 5.26 Å². The molecule has 0 aromatic carbocycles. The molecule has 2 N–H and O–H groups in total. The Hall–Kier alpha value is -1.31. The highest BCUT2D eigenvalue weighted by Gasteiger charge is 2.25. The van der Waals surface area contributed by atoms with E-state index in [2.05, 4.69) is 4.98 Å². The van der Waals surface area contributed by atoms with Gasteiger partial charge in [-0.1, -0.05) is 24.4 Å². The van der Waals surface area contributed by atoms with Gasteiger partial charge in [0, 0.05) is 6.20 Å². The molecule has 4 nitrogen and oxygen atoms in total. The van der Waals surface area contributed by atoms with Gasteiger partial charge in [-0.3, -0.25) is 0 Å². The largest absolute Gasteiger partial charge is 0.476 e. The smallest absolute Gasteiger partial charge is 0.233 e. The normalized spacial score (nSPS) is 22.8. The van der Waals surface area contributed by atoms with Crippen LogP contribution in [0.3, 0.4) is 0 Å². The van der Waals surface area contributed by atoms with E-state index in [9.17, 15) is 0 Å². The van der Waals surface area contributed by atoms with Crippen molar-refractivity contribution in [1.29, 1.82) is 5.26 Å². The van der Waals surface area contributed by atoms with Gasteiger partial charge < -0.3 is 10.5 Å². The number of hydrogen-bond donors (Lipinski definition) is 1. The van der Waals surface area contributed by atoms with Gasteiger partial charge in [0.15, 0.2) is 0 Å². The molecule has 0 saturated heterocycles. The molecule has 1 saturated carbocycles. The molecule has 2 rings (SSSR count). The Morgan fingerprint density at radius 1 is 1.42 bits per heavy atom. The summed E-state index contributed by atoms with van der Waals surface area (Å²) in [6.45, 7) is 1.27. The van der Waals surface area contributed by atoms with Crippen molar-refractivity contribution in [2.75, 3.05) is 13.2 Å². The maximum absolute atomic E-state index is 8.91. The van der Waals surface area contributed by atoms with Crippen LogP contribution in [0, 0.1) is 23.2 Å². The first kappa shape index (κ1) is 14.1. The van der Waals surface area contributed by atoms with Crippen LogP contribution in [0.25, 0.3) is 0 Å². The molecule has 2 atom stereocenters. The zero-order valence-corrected chi connectivity index (χ0v) is 11.6. The lowest BCUT2D eigenvalue weighted by atomic mass is 9.80. The molecule has 1 aliphatic carbocycles.